The Morgan fingerprint density at radius 3 is 2.48 bits per heavy atom. The molecule has 120 valence electrons. The van der Waals surface area contributed by atoms with Gasteiger partial charge in [0.05, 0.1) is 0 Å². The fourth-order valence-electron chi connectivity index (χ4n) is 3.03. The van der Waals surface area contributed by atoms with E-state index in [1.165, 1.54) is 5.56 Å². The van der Waals surface area contributed by atoms with Crippen LogP contribution in [0.4, 0.5) is 5.69 Å². The molecule has 0 unspecified atom stereocenters. The molecule has 1 saturated heterocycles. The average Bonchev–Trinajstić information content (AvgIpc) is 2.62. The van der Waals surface area contributed by atoms with E-state index in [1.807, 2.05) is 12.1 Å². The smallest absolute Gasteiger partial charge is 0.227 e. The molecule has 1 aliphatic heterocycles. The van der Waals surface area contributed by atoms with Gasteiger partial charge in [-0.15, -0.1) is 0 Å². The van der Waals surface area contributed by atoms with Gasteiger partial charge < -0.3 is 10.2 Å². The van der Waals surface area contributed by atoms with Gasteiger partial charge in [0.15, 0.2) is 0 Å². The highest BCUT2D eigenvalue weighted by molar-refractivity contribution is 5.92. The number of carbonyl (C=O) groups excluding carboxylic acids is 1. The summed E-state index contributed by atoms with van der Waals surface area (Å²) >= 11 is 0. The van der Waals surface area contributed by atoms with Crippen LogP contribution in [0.5, 0.6) is 0 Å². The number of pyridine rings is 1. The van der Waals surface area contributed by atoms with E-state index >= 15 is 0 Å². The molecule has 1 aliphatic rings. The van der Waals surface area contributed by atoms with Crippen LogP contribution in [-0.2, 0) is 11.2 Å². The number of hydrogen-bond acceptors (Lipinski definition) is 3. The van der Waals surface area contributed by atoms with Crippen molar-refractivity contribution in [3.8, 4) is 0 Å². The second-order valence-electron chi connectivity index (χ2n) is 6.08. The molecule has 0 spiro atoms. The third kappa shape index (κ3) is 4.63. The van der Waals surface area contributed by atoms with E-state index in [4.69, 9.17) is 0 Å². The number of aromatic nitrogens is 1. The minimum Gasteiger partial charge on any atom is -0.326 e. The fraction of sp³-hybridized carbons (Fsp3) is 0.368. The molecule has 4 nitrogen and oxygen atoms in total. The van der Waals surface area contributed by atoms with Crippen LogP contribution in [0.1, 0.15) is 18.4 Å². The number of rotatable bonds is 5. The Bertz CT molecular complexity index is 607. The quantitative estimate of drug-likeness (QED) is 0.923. The molecular weight excluding hydrogens is 286 g/mol. The zero-order chi connectivity index (χ0) is 15.9. The Hall–Kier alpha value is -2.20. The zero-order valence-corrected chi connectivity index (χ0v) is 13.3. The SMILES string of the molecule is O=C(Nc1ccncc1)C1CCN(CCc2ccccc2)CC1. The molecule has 1 fully saturated rings. The standard InChI is InChI=1S/C19H23N3O/c23-19(21-18-6-11-20-12-7-18)17-9-14-22(15-10-17)13-8-16-4-2-1-3-5-16/h1-7,11-12,17H,8-10,13-15H2,(H,20,21,23). The first-order valence-corrected chi connectivity index (χ1v) is 8.28. The summed E-state index contributed by atoms with van der Waals surface area (Å²) in [5.74, 6) is 0.259. The topological polar surface area (TPSA) is 45.2 Å². The van der Waals surface area contributed by atoms with Crippen LogP contribution in [-0.4, -0.2) is 35.4 Å². The summed E-state index contributed by atoms with van der Waals surface area (Å²) in [7, 11) is 0. The van der Waals surface area contributed by atoms with Crippen molar-refractivity contribution in [1.82, 2.24) is 9.88 Å². The Morgan fingerprint density at radius 2 is 1.78 bits per heavy atom. The predicted octanol–water partition coefficient (Wildman–Crippen LogP) is 2.97. The summed E-state index contributed by atoms with van der Waals surface area (Å²) in [6, 6.07) is 14.2. The highest BCUT2D eigenvalue weighted by atomic mass is 16.1. The van der Waals surface area contributed by atoms with Gasteiger partial charge in [-0.1, -0.05) is 30.3 Å². The first kappa shape index (κ1) is 15.7. The van der Waals surface area contributed by atoms with Crippen molar-refractivity contribution in [1.29, 1.82) is 0 Å². The molecule has 0 aliphatic carbocycles. The lowest BCUT2D eigenvalue weighted by atomic mass is 9.95. The van der Waals surface area contributed by atoms with Gasteiger partial charge in [-0.25, -0.2) is 0 Å². The number of likely N-dealkylation sites (tertiary alicyclic amines) is 1. The lowest BCUT2D eigenvalue weighted by molar-refractivity contribution is -0.121. The summed E-state index contributed by atoms with van der Waals surface area (Å²) in [6.45, 7) is 3.07. The summed E-state index contributed by atoms with van der Waals surface area (Å²) in [6.07, 6.45) is 6.34. The molecule has 0 radical (unpaired) electrons. The van der Waals surface area contributed by atoms with Crippen LogP contribution in [0.2, 0.25) is 0 Å². The number of carbonyl (C=O) groups is 1. The molecule has 0 saturated carbocycles. The van der Waals surface area contributed by atoms with Gasteiger partial charge in [0, 0.05) is 30.5 Å². The van der Waals surface area contributed by atoms with Crippen molar-refractivity contribution >= 4 is 11.6 Å². The first-order valence-electron chi connectivity index (χ1n) is 8.28. The van der Waals surface area contributed by atoms with Gasteiger partial charge in [-0.2, -0.15) is 0 Å². The third-order valence-electron chi connectivity index (χ3n) is 4.47. The molecule has 23 heavy (non-hydrogen) atoms. The molecule has 3 rings (SSSR count). The van der Waals surface area contributed by atoms with Crippen molar-refractivity contribution in [2.75, 3.05) is 25.0 Å². The largest absolute Gasteiger partial charge is 0.326 e. The molecule has 1 aromatic carbocycles. The van der Waals surface area contributed by atoms with Gasteiger partial charge in [0.1, 0.15) is 0 Å². The first-order chi connectivity index (χ1) is 11.3. The summed E-state index contributed by atoms with van der Waals surface area (Å²) in [5, 5.41) is 2.99. The molecule has 1 amide bonds. The van der Waals surface area contributed by atoms with Crippen molar-refractivity contribution in [2.24, 2.45) is 5.92 Å². The predicted molar refractivity (Wildman–Crippen MR) is 92.2 cm³/mol. The van der Waals surface area contributed by atoms with Crippen LogP contribution >= 0.6 is 0 Å². The lowest BCUT2D eigenvalue weighted by Crippen LogP contribution is -2.39. The van der Waals surface area contributed by atoms with Crippen LogP contribution in [0.25, 0.3) is 0 Å². The maximum absolute atomic E-state index is 12.3. The maximum atomic E-state index is 12.3. The van der Waals surface area contributed by atoms with E-state index in [9.17, 15) is 4.79 Å². The molecule has 1 N–H and O–H groups in total. The third-order valence-corrected chi connectivity index (χ3v) is 4.47. The molecule has 1 aromatic heterocycles. The number of hydrogen-bond donors (Lipinski definition) is 1. The molecule has 0 atom stereocenters. The Morgan fingerprint density at radius 1 is 1.09 bits per heavy atom. The number of nitrogens with zero attached hydrogens (tertiary/aromatic N) is 2. The second kappa shape index (κ2) is 7.88. The normalized spacial score (nSPS) is 16.2. The summed E-state index contributed by atoms with van der Waals surface area (Å²) < 4.78 is 0. The van der Waals surface area contributed by atoms with Crippen LogP contribution < -0.4 is 5.32 Å². The average molecular weight is 309 g/mol. The van der Waals surface area contributed by atoms with E-state index < -0.39 is 0 Å². The highest BCUT2D eigenvalue weighted by Crippen LogP contribution is 2.19. The van der Waals surface area contributed by atoms with Crippen molar-refractivity contribution in [3.05, 3.63) is 60.4 Å². The van der Waals surface area contributed by atoms with Crippen molar-refractivity contribution < 1.29 is 4.79 Å². The van der Waals surface area contributed by atoms with Gasteiger partial charge in [-0.3, -0.25) is 9.78 Å². The number of piperidine rings is 1. The van der Waals surface area contributed by atoms with Gasteiger partial charge in [0.25, 0.3) is 0 Å². The van der Waals surface area contributed by atoms with Crippen molar-refractivity contribution in [3.63, 3.8) is 0 Å². The van der Waals surface area contributed by atoms with Gasteiger partial charge >= 0.3 is 0 Å². The molecule has 2 heterocycles. The molecule has 4 heteroatoms. The van der Waals surface area contributed by atoms with Crippen LogP contribution in [0.15, 0.2) is 54.9 Å². The minimum absolute atomic E-state index is 0.121. The van der Waals surface area contributed by atoms with E-state index in [1.54, 1.807) is 12.4 Å². The van der Waals surface area contributed by atoms with Crippen LogP contribution in [0, 0.1) is 5.92 Å². The Labute approximate surface area is 137 Å². The Balaban J connectivity index is 1.42. The van der Waals surface area contributed by atoms with E-state index in [-0.39, 0.29) is 11.8 Å². The van der Waals surface area contributed by atoms with E-state index in [2.05, 4.69) is 45.5 Å². The maximum Gasteiger partial charge on any atom is 0.227 e. The zero-order valence-electron chi connectivity index (χ0n) is 13.3. The van der Waals surface area contributed by atoms with Gasteiger partial charge in [-0.05, 0) is 50.0 Å². The monoisotopic (exact) mass is 309 g/mol. The number of amides is 1. The Kier molecular flexibility index (Phi) is 5.37. The van der Waals surface area contributed by atoms with Crippen LogP contribution in [0.3, 0.4) is 0 Å². The second-order valence-corrected chi connectivity index (χ2v) is 6.08. The number of nitrogens with one attached hydrogen (secondary N) is 1. The summed E-state index contributed by atoms with van der Waals surface area (Å²) in [5.41, 5.74) is 2.21. The van der Waals surface area contributed by atoms with E-state index in [0.717, 1.165) is 44.6 Å². The minimum atomic E-state index is 0.121. The van der Waals surface area contributed by atoms with Gasteiger partial charge in [0.2, 0.25) is 5.91 Å². The lowest BCUT2D eigenvalue weighted by Gasteiger charge is -2.31. The number of benzene rings is 1. The molecule has 0 bridgehead atoms. The molecule has 2 aromatic rings. The summed E-state index contributed by atoms with van der Waals surface area (Å²) in [4.78, 5) is 18.7. The number of anilines is 1. The van der Waals surface area contributed by atoms with Crippen molar-refractivity contribution in [2.45, 2.75) is 19.3 Å². The fourth-order valence-corrected chi connectivity index (χ4v) is 3.03. The highest BCUT2D eigenvalue weighted by Gasteiger charge is 2.24. The molecular formula is C19H23N3O. The van der Waals surface area contributed by atoms with E-state index in [0.29, 0.717) is 0 Å².